The lowest BCUT2D eigenvalue weighted by Gasteiger charge is -2.35. The molecule has 0 radical (unpaired) electrons. The average molecular weight is 252 g/mol. The van der Waals surface area contributed by atoms with Crippen LogP contribution >= 0.6 is 0 Å². The predicted molar refractivity (Wildman–Crippen MR) is 65.3 cm³/mol. The maximum absolute atomic E-state index is 12.3. The normalized spacial score (nSPS) is 21.3. The molecule has 0 spiro atoms. The number of carbonyl (C=O) groups excluding carboxylic acids is 2. The van der Waals surface area contributed by atoms with Gasteiger partial charge in [0.1, 0.15) is 12.0 Å². The molecule has 1 fully saturated rings. The fourth-order valence-corrected chi connectivity index (χ4v) is 2.24. The Morgan fingerprint density at radius 3 is 2.56 bits per heavy atom. The molecule has 1 aliphatic heterocycles. The first-order chi connectivity index (χ1) is 8.52. The van der Waals surface area contributed by atoms with Gasteiger partial charge >= 0.3 is 5.97 Å². The lowest BCUT2D eigenvalue weighted by molar-refractivity contribution is -0.156. The van der Waals surface area contributed by atoms with Crippen molar-refractivity contribution >= 4 is 11.9 Å². The van der Waals surface area contributed by atoms with Crippen LogP contribution in [0.4, 0.5) is 0 Å². The van der Waals surface area contributed by atoms with E-state index in [0.29, 0.717) is 13.0 Å². The summed E-state index contributed by atoms with van der Waals surface area (Å²) in [6.45, 7) is 4.20. The molecule has 1 amide bonds. The second-order valence-electron chi connectivity index (χ2n) is 4.92. The van der Waals surface area contributed by atoms with E-state index in [1.54, 1.807) is 0 Å². The zero-order valence-electron chi connectivity index (χ0n) is 11.2. The number of hydrogen-bond acceptors (Lipinski definition) is 4. The van der Waals surface area contributed by atoms with Crippen molar-refractivity contribution in [2.75, 3.05) is 13.7 Å². The van der Waals surface area contributed by atoms with Crippen LogP contribution in [0.1, 0.15) is 33.1 Å². The van der Waals surface area contributed by atoms with E-state index in [0.717, 1.165) is 12.8 Å². The van der Waals surface area contributed by atoms with Crippen molar-refractivity contribution in [3.63, 3.8) is 0 Å². The van der Waals surface area contributed by atoms with Gasteiger partial charge in [-0.15, -0.1) is 0 Å². The number of esters is 1. The van der Waals surface area contributed by atoms with E-state index in [-0.39, 0.29) is 17.8 Å². The Morgan fingerprint density at radius 2 is 2.06 bits per heavy atom. The first-order valence-electron chi connectivity index (χ1n) is 6.30. The molecular weight excluding hydrogens is 232 g/mol. The first kappa shape index (κ1) is 14.5. The number of amides is 1. The van der Waals surface area contributed by atoms with Crippen LogP contribution in [0.2, 0.25) is 0 Å². The highest BCUT2D eigenvalue weighted by molar-refractivity contribution is 5.87. The summed E-state index contributed by atoms with van der Waals surface area (Å²) in [6, 6.07) is 1.51. The fraction of sp³-hybridized carbons (Fsp3) is 0.769. The molecule has 2 atom stereocenters. The van der Waals surface area contributed by atoms with Gasteiger partial charge in [-0.3, -0.25) is 4.79 Å². The number of hydrogen-bond donors (Lipinski definition) is 0. The van der Waals surface area contributed by atoms with Gasteiger partial charge in [-0.1, -0.05) is 13.8 Å². The topological polar surface area (TPSA) is 70.4 Å². The summed E-state index contributed by atoms with van der Waals surface area (Å²) in [5.74, 6) is -1.37. The van der Waals surface area contributed by atoms with Gasteiger partial charge in [0.25, 0.3) is 0 Å². The molecule has 1 saturated heterocycles. The molecule has 100 valence electrons. The third kappa shape index (κ3) is 3.00. The summed E-state index contributed by atoms with van der Waals surface area (Å²) >= 11 is 0. The van der Waals surface area contributed by atoms with Crippen LogP contribution < -0.4 is 0 Å². The Balaban J connectivity index is 2.87. The van der Waals surface area contributed by atoms with Crippen LogP contribution in [-0.2, 0) is 14.3 Å². The minimum Gasteiger partial charge on any atom is -0.467 e. The molecule has 5 nitrogen and oxygen atoms in total. The molecule has 1 rings (SSSR count). The first-order valence-corrected chi connectivity index (χ1v) is 6.30. The van der Waals surface area contributed by atoms with Gasteiger partial charge in [0, 0.05) is 6.54 Å². The molecule has 0 aromatic carbocycles. The average Bonchev–Trinajstić information content (AvgIpc) is 2.38. The number of ether oxygens (including phenoxy) is 1. The minimum absolute atomic E-state index is 0.0530. The van der Waals surface area contributed by atoms with Gasteiger partial charge in [0.05, 0.1) is 13.2 Å². The summed E-state index contributed by atoms with van der Waals surface area (Å²) in [5.41, 5.74) is 0. The summed E-state index contributed by atoms with van der Waals surface area (Å²) in [6.07, 6.45) is 2.40. The lowest BCUT2D eigenvalue weighted by atomic mass is 9.93. The zero-order valence-corrected chi connectivity index (χ0v) is 11.2. The van der Waals surface area contributed by atoms with Gasteiger partial charge in [-0.2, -0.15) is 5.26 Å². The molecule has 0 aliphatic carbocycles. The smallest absolute Gasteiger partial charge is 0.328 e. The van der Waals surface area contributed by atoms with Crippen molar-refractivity contribution in [2.24, 2.45) is 11.8 Å². The van der Waals surface area contributed by atoms with E-state index in [4.69, 9.17) is 10.00 Å². The molecule has 0 bridgehead atoms. The quantitative estimate of drug-likeness (QED) is 0.711. The van der Waals surface area contributed by atoms with E-state index in [1.165, 1.54) is 12.0 Å². The SMILES string of the molecule is COC(=O)C1CCCCN1C(=O)C(C#N)C(C)C. The van der Waals surface area contributed by atoms with Crippen molar-refractivity contribution in [3.8, 4) is 6.07 Å². The van der Waals surface area contributed by atoms with Crippen molar-refractivity contribution in [1.29, 1.82) is 5.26 Å². The summed E-state index contributed by atoms with van der Waals surface area (Å²) in [7, 11) is 1.32. The Bertz CT molecular complexity index is 360. The van der Waals surface area contributed by atoms with Crippen molar-refractivity contribution in [1.82, 2.24) is 4.90 Å². The fourth-order valence-electron chi connectivity index (χ4n) is 2.24. The van der Waals surface area contributed by atoms with Crippen LogP contribution in [0.25, 0.3) is 0 Å². The maximum Gasteiger partial charge on any atom is 0.328 e. The van der Waals surface area contributed by atoms with Crippen LogP contribution in [0, 0.1) is 23.2 Å². The molecule has 0 N–H and O–H groups in total. The number of nitriles is 1. The molecule has 1 heterocycles. The molecule has 18 heavy (non-hydrogen) atoms. The Hall–Kier alpha value is -1.57. The molecule has 5 heteroatoms. The Kier molecular flexibility index (Phi) is 5.14. The number of piperidine rings is 1. The molecular formula is C13H20N2O3. The van der Waals surface area contributed by atoms with Crippen LogP contribution in [0.15, 0.2) is 0 Å². The molecule has 2 unspecified atom stereocenters. The number of carbonyl (C=O) groups is 2. The van der Waals surface area contributed by atoms with Crippen LogP contribution in [0.5, 0.6) is 0 Å². The van der Waals surface area contributed by atoms with Crippen molar-refractivity contribution in [3.05, 3.63) is 0 Å². The van der Waals surface area contributed by atoms with E-state index in [9.17, 15) is 9.59 Å². The van der Waals surface area contributed by atoms with Gasteiger partial charge in [0.15, 0.2) is 0 Å². The van der Waals surface area contributed by atoms with E-state index >= 15 is 0 Å². The van der Waals surface area contributed by atoms with Gasteiger partial charge in [-0.05, 0) is 25.2 Å². The predicted octanol–water partition coefficient (Wildman–Crippen LogP) is 1.34. The molecule has 1 aliphatic rings. The minimum atomic E-state index is -0.685. The van der Waals surface area contributed by atoms with Gasteiger partial charge in [-0.25, -0.2) is 4.79 Å². The second-order valence-corrected chi connectivity index (χ2v) is 4.92. The monoisotopic (exact) mass is 252 g/mol. The maximum atomic E-state index is 12.3. The molecule has 0 saturated carbocycles. The number of methoxy groups -OCH3 is 1. The highest BCUT2D eigenvalue weighted by Crippen LogP contribution is 2.22. The van der Waals surface area contributed by atoms with E-state index in [1.807, 2.05) is 19.9 Å². The van der Waals surface area contributed by atoms with Gasteiger partial charge in [0.2, 0.25) is 5.91 Å². The van der Waals surface area contributed by atoms with Crippen LogP contribution in [0.3, 0.4) is 0 Å². The van der Waals surface area contributed by atoms with Crippen molar-refractivity contribution in [2.45, 2.75) is 39.2 Å². The Labute approximate surface area is 108 Å². The Morgan fingerprint density at radius 1 is 1.39 bits per heavy atom. The number of nitrogens with zero attached hydrogens (tertiary/aromatic N) is 2. The molecule has 0 aromatic rings. The van der Waals surface area contributed by atoms with Gasteiger partial charge < -0.3 is 9.64 Å². The van der Waals surface area contributed by atoms with Crippen molar-refractivity contribution < 1.29 is 14.3 Å². The zero-order chi connectivity index (χ0) is 13.7. The van der Waals surface area contributed by atoms with E-state index in [2.05, 4.69) is 0 Å². The highest BCUT2D eigenvalue weighted by Gasteiger charge is 2.36. The summed E-state index contributed by atoms with van der Waals surface area (Å²) in [5, 5.41) is 9.07. The third-order valence-corrected chi connectivity index (χ3v) is 3.33. The largest absolute Gasteiger partial charge is 0.467 e. The standard InChI is InChI=1S/C13H20N2O3/c1-9(2)10(8-14)12(16)15-7-5-4-6-11(15)13(17)18-3/h9-11H,4-7H2,1-3H3. The van der Waals surface area contributed by atoms with E-state index < -0.39 is 12.0 Å². The summed E-state index contributed by atoms with van der Waals surface area (Å²) in [4.78, 5) is 25.5. The second kappa shape index (κ2) is 6.39. The third-order valence-electron chi connectivity index (χ3n) is 3.33. The lowest BCUT2D eigenvalue weighted by Crippen LogP contribution is -2.51. The summed E-state index contributed by atoms with van der Waals surface area (Å²) < 4.78 is 4.73. The number of likely N-dealkylation sites (tertiary alicyclic amines) is 1. The number of rotatable bonds is 3. The van der Waals surface area contributed by atoms with Crippen LogP contribution in [-0.4, -0.2) is 36.5 Å². The molecule has 0 aromatic heterocycles. The highest BCUT2D eigenvalue weighted by atomic mass is 16.5.